The Morgan fingerprint density at radius 1 is 1.03 bits per heavy atom. The van der Waals surface area contributed by atoms with Crippen molar-refractivity contribution in [2.24, 2.45) is 0 Å². The molecule has 32 heavy (non-hydrogen) atoms. The Labute approximate surface area is 202 Å². The number of carbonyl (C=O) groups excluding carboxylic acids is 2. The molecule has 5 nitrogen and oxygen atoms in total. The summed E-state index contributed by atoms with van der Waals surface area (Å²) in [6.45, 7) is 1.88. The number of aryl methyl sites for hydroxylation is 1. The second kappa shape index (κ2) is 9.11. The number of ether oxygens (including phenoxy) is 2. The Bertz CT molecular complexity index is 1360. The van der Waals surface area contributed by atoms with E-state index in [1.54, 1.807) is 31.4 Å². The first-order chi connectivity index (χ1) is 15.3. The van der Waals surface area contributed by atoms with Crippen LogP contribution < -0.4 is 10.1 Å². The highest BCUT2D eigenvalue weighted by molar-refractivity contribution is 7.22. The normalized spacial score (nSPS) is 10.9. The number of fused-ring (bicyclic) bond motifs is 1. The van der Waals surface area contributed by atoms with Crippen LogP contribution in [0.1, 0.15) is 24.9 Å². The minimum atomic E-state index is -0.549. The topological polar surface area (TPSA) is 64.6 Å². The molecule has 4 aromatic rings. The maximum absolute atomic E-state index is 13.2. The summed E-state index contributed by atoms with van der Waals surface area (Å²) in [5.41, 5.74) is 1.72. The Morgan fingerprint density at radius 2 is 1.81 bits per heavy atom. The third-order valence-electron chi connectivity index (χ3n) is 4.85. The van der Waals surface area contributed by atoms with E-state index < -0.39 is 11.9 Å². The van der Waals surface area contributed by atoms with Crippen molar-refractivity contribution in [2.75, 3.05) is 19.5 Å². The number of amides is 1. The van der Waals surface area contributed by atoms with Gasteiger partial charge in [-0.15, -0.1) is 22.7 Å². The molecule has 0 fully saturated rings. The highest BCUT2D eigenvalue weighted by Crippen LogP contribution is 2.42. The Hall–Kier alpha value is -2.58. The quantitative estimate of drug-likeness (QED) is 0.289. The highest BCUT2D eigenvalue weighted by atomic mass is 35.5. The monoisotopic (exact) mass is 505 g/mol. The second-order valence-corrected chi connectivity index (χ2v) is 9.89. The van der Waals surface area contributed by atoms with Crippen molar-refractivity contribution in [3.05, 3.63) is 67.8 Å². The smallest absolute Gasteiger partial charge is 0.341 e. The fourth-order valence-corrected chi connectivity index (χ4v) is 6.03. The summed E-state index contributed by atoms with van der Waals surface area (Å²) in [7, 11) is 2.87. The van der Waals surface area contributed by atoms with Gasteiger partial charge in [0, 0.05) is 25.5 Å². The molecule has 0 radical (unpaired) electrons. The van der Waals surface area contributed by atoms with Crippen LogP contribution in [0.5, 0.6) is 5.75 Å². The summed E-state index contributed by atoms with van der Waals surface area (Å²) in [5, 5.41) is 4.86. The number of carbonyl (C=O) groups is 2. The number of halogens is 2. The first kappa shape index (κ1) is 22.6. The van der Waals surface area contributed by atoms with Gasteiger partial charge in [-0.1, -0.05) is 35.3 Å². The van der Waals surface area contributed by atoms with Gasteiger partial charge < -0.3 is 14.8 Å². The number of thiophene rings is 2. The first-order valence-electron chi connectivity index (χ1n) is 9.39. The van der Waals surface area contributed by atoms with Crippen LogP contribution in [0.3, 0.4) is 0 Å². The molecule has 0 aliphatic carbocycles. The molecule has 4 rings (SSSR count). The molecular formula is C23H17Cl2NO4S2. The van der Waals surface area contributed by atoms with Crippen LogP contribution in [0.2, 0.25) is 10.0 Å². The minimum Gasteiger partial charge on any atom is -0.497 e. The Kier molecular flexibility index (Phi) is 6.44. The molecule has 0 unspecified atom stereocenters. The molecule has 0 saturated carbocycles. The van der Waals surface area contributed by atoms with Crippen LogP contribution in [0, 0.1) is 6.92 Å². The molecule has 0 bridgehead atoms. The number of anilines is 1. The highest BCUT2D eigenvalue weighted by Gasteiger charge is 2.27. The lowest BCUT2D eigenvalue weighted by molar-refractivity contribution is 0.0603. The molecule has 2 heterocycles. The van der Waals surface area contributed by atoms with Crippen molar-refractivity contribution in [3.63, 3.8) is 0 Å². The molecule has 0 saturated heterocycles. The van der Waals surface area contributed by atoms with Crippen molar-refractivity contribution in [1.82, 2.24) is 0 Å². The summed E-state index contributed by atoms with van der Waals surface area (Å²) < 4.78 is 11.1. The van der Waals surface area contributed by atoms with Crippen molar-refractivity contribution >= 4 is 72.8 Å². The van der Waals surface area contributed by atoms with Crippen molar-refractivity contribution in [2.45, 2.75) is 6.92 Å². The zero-order chi connectivity index (χ0) is 23.0. The van der Waals surface area contributed by atoms with Crippen LogP contribution in [-0.2, 0) is 4.74 Å². The lowest BCUT2D eigenvalue weighted by Gasteiger charge is -2.08. The minimum absolute atomic E-state index is 0.282. The van der Waals surface area contributed by atoms with E-state index in [1.807, 2.05) is 25.1 Å². The predicted molar refractivity (Wildman–Crippen MR) is 132 cm³/mol. The van der Waals surface area contributed by atoms with Gasteiger partial charge in [-0.25, -0.2) is 4.79 Å². The third-order valence-corrected chi connectivity index (χ3v) is 7.78. The van der Waals surface area contributed by atoms with Gasteiger partial charge in [0.05, 0.1) is 19.2 Å². The first-order valence-corrected chi connectivity index (χ1v) is 11.8. The number of benzene rings is 2. The fraction of sp³-hybridized carbons (Fsp3) is 0.130. The third kappa shape index (κ3) is 4.09. The molecule has 0 aliphatic rings. The molecule has 2 aromatic carbocycles. The molecule has 0 spiro atoms. The molecule has 2 aromatic heterocycles. The van der Waals surface area contributed by atoms with E-state index in [0.29, 0.717) is 31.2 Å². The van der Waals surface area contributed by atoms with E-state index in [4.69, 9.17) is 32.7 Å². The summed E-state index contributed by atoms with van der Waals surface area (Å²) in [6, 6.07) is 12.6. The van der Waals surface area contributed by atoms with E-state index in [2.05, 4.69) is 5.32 Å². The predicted octanol–water partition coefficient (Wildman–Crippen LogP) is 7.29. The van der Waals surface area contributed by atoms with Crippen LogP contribution >= 0.6 is 45.9 Å². The Balaban J connectivity index is 1.77. The van der Waals surface area contributed by atoms with E-state index in [0.717, 1.165) is 20.5 Å². The van der Waals surface area contributed by atoms with E-state index in [-0.39, 0.29) is 5.56 Å². The van der Waals surface area contributed by atoms with Gasteiger partial charge in [0.15, 0.2) is 0 Å². The van der Waals surface area contributed by atoms with Crippen LogP contribution in [0.4, 0.5) is 5.00 Å². The number of hydrogen-bond acceptors (Lipinski definition) is 6. The lowest BCUT2D eigenvalue weighted by Crippen LogP contribution is -2.13. The standard InChI is InChI=1S/C23H17Cl2NO4S2/c1-11-17(12-5-4-6-13(24)9-12)18(23(28)30-3)22(31-11)26-21(27)20-19(25)15-10-14(29-2)7-8-16(15)32-20/h4-10H,1-3H3,(H,26,27). The number of hydrogen-bond donors (Lipinski definition) is 1. The summed E-state index contributed by atoms with van der Waals surface area (Å²) >= 11 is 15.2. The van der Waals surface area contributed by atoms with Gasteiger partial charge in [-0.3, -0.25) is 4.79 Å². The molecular weight excluding hydrogens is 489 g/mol. The molecule has 0 aliphatic heterocycles. The maximum atomic E-state index is 13.2. The second-order valence-electron chi connectivity index (χ2n) is 6.80. The molecule has 1 amide bonds. The number of rotatable bonds is 5. The molecule has 1 N–H and O–H groups in total. The molecule has 9 heteroatoms. The maximum Gasteiger partial charge on any atom is 0.341 e. The van der Waals surface area contributed by atoms with Gasteiger partial charge in [-0.2, -0.15) is 0 Å². The van der Waals surface area contributed by atoms with Crippen LogP contribution in [0.15, 0.2) is 42.5 Å². The molecule has 0 atom stereocenters. The molecule has 164 valence electrons. The van der Waals surface area contributed by atoms with Crippen molar-refractivity contribution in [3.8, 4) is 16.9 Å². The largest absolute Gasteiger partial charge is 0.497 e. The van der Waals surface area contributed by atoms with Crippen LogP contribution in [0.25, 0.3) is 21.2 Å². The zero-order valence-corrected chi connectivity index (χ0v) is 20.4. The van der Waals surface area contributed by atoms with Crippen molar-refractivity contribution in [1.29, 1.82) is 0 Å². The summed E-state index contributed by atoms with van der Waals surface area (Å²) in [4.78, 5) is 27.0. The SMILES string of the molecule is COC(=O)c1c(NC(=O)c2sc3ccc(OC)cc3c2Cl)sc(C)c1-c1cccc(Cl)c1. The van der Waals surface area contributed by atoms with E-state index in [9.17, 15) is 9.59 Å². The lowest BCUT2D eigenvalue weighted by atomic mass is 10.0. The number of nitrogens with one attached hydrogen (secondary N) is 1. The van der Waals surface area contributed by atoms with E-state index in [1.165, 1.54) is 29.8 Å². The van der Waals surface area contributed by atoms with Crippen molar-refractivity contribution < 1.29 is 19.1 Å². The average Bonchev–Trinajstić information content (AvgIpc) is 3.29. The number of esters is 1. The average molecular weight is 506 g/mol. The number of methoxy groups -OCH3 is 2. The fourth-order valence-electron chi connectivity index (χ4n) is 3.40. The van der Waals surface area contributed by atoms with Gasteiger partial charge >= 0.3 is 5.97 Å². The van der Waals surface area contributed by atoms with Gasteiger partial charge in [0.1, 0.15) is 21.2 Å². The van der Waals surface area contributed by atoms with E-state index >= 15 is 0 Å². The van der Waals surface area contributed by atoms with Gasteiger partial charge in [0.25, 0.3) is 5.91 Å². The zero-order valence-electron chi connectivity index (χ0n) is 17.2. The summed E-state index contributed by atoms with van der Waals surface area (Å²) in [5.74, 6) is -0.303. The van der Waals surface area contributed by atoms with Crippen LogP contribution in [-0.4, -0.2) is 26.1 Å². The summed E-state index contributed by atoms with van der Waals surface area (Å²) in [6.07, 6.45) is 0. The Morgan fingerprint density at radius 3 is 2.50 bits per heavy atom. The van der Waals surface area contributed by atoms with Gasteiger partial charge in [0.2, 0.25) is 0 Å². The van der Waals surface area contributed by atoms with Gasteiger partial charge in [-0.05, 0) is 42.8 Å².